The fraction of sp³-hybridized carbons (Fsp3) is 0.118. The summed E-state index contributed by atoms with van der Waals surface area (Å²) in [6.45, 7) is -0.178. The van der Waals surface area contributed by atoms with E-state index in [-0.39, 0.29) is 13.2 Å². The van der Waals surface area contributed by atoms with Crippen molar-refractivity contribution in [3.63, 3.8) is 0 Å². The van der Waals surface area contributed by atoms with Gasteiger partial charge in [-0.2, -0.15) is 0 Å². The maximum absolute atomic E-state index is 11.7. The Labute approximate surface area is 141 Å². The van der Waals surface area contributed by atoms with Gasteiger partial charge in [-0.05, 0) is 24.3 Å². The molecule has 2 heterocycles. The molecule has 3 aromatic rings. The summed E-state index contributed by atoms with van der Waals surface area (Å²) >= 11 is 5.68. The van der Waals surface area contributed by atoms with Gasteiger partial charge in [0.25, 0.3) is 0 Å². The number of aromatic nitrogens is 1. The summed E-state index contributed by atoms with van der Waals surface area (Å²) in [5, 5.41) is 1.14. The Balaban J connectivity index is 1.55. The smallest absolute Gasteiger partial charge is 0.344 e. The van der Waals surface area contributed by atoms with Crippen LogP contribution in [0.4, 0.5) is 0 Å². The number of hydrogen-bond acceptors (Lipinski definition) is 6. The van der Waals surface area contributed by atoms with Gasteiger partial charge in [-0.15, -0.1) is 0 Å². The molecule has 0 saturated heterocycles. The van der Waals surface area contributed by atoms with Crippen LogP contribution in [0.15, 0.2) is 57.9 Å². The Morgan fingerprint density at radius 3 is 2.79 bits per heavy atom. The molecule has 0 N–H and O–H groups in total. The number of esters is 1. The first kappa shape index (κ1) is 16.0. The highest BCUT2D eigenvalue weighted by Crippen LogP contribution is 2.19. The SMILES string of the molecule is O=C(COc1ccc2ccc(=O)oc2c1)OCc1ccc(Cl)nc1. The van der Waals surface area contributed by atoms with Gasteiger partial charge in [0, 0.05) is 29.3 Å². The number of nitrogens with zero attached hydrogens (tertiary/aromatic N) is 1. The minimum Gasteiger partial charge on any atom is -0.482 e. The molecular formula is C17H12ClNO5. The zero-order valence-corrected chi connectivity index (χ0v) is 13.2. The van der Waals surface area contributed by atoms with Crippen LogP contribution in [-0.2, 0) is 16.1 Å². The third kappa shape index (κ3) is 4.11. The van der Waals surface area contributed by atoms with Crippen LogP contribution < -0.4 is 10.4 Å². The van der Waals surface area contributed by atoms with Crippen LogP contribution in [0, 0.1) is 0 Å². The second kappa shape index (κ2) is 7.14. The van der Waals surface area contributed by atoms with E-state index in [9.17, 15) is 9.59 Å². The van der Waals surface area contributed by atoms with Crippen molar-refractivity contribution in [3.8, 4) is 5.75 Å². The summed E-state index contributed by atoms with van der Waals surface area (Å²) in [6.07, 6.45) is 1.53. The first-order chi connectivity index (χ1) is 11.6. The van der Waals surface area contributed by atoms with Crippen molar-refractivity contribution in [3.05, 3.63) is 69.8 Å². The Hall–Kier alpha value is -2.86. The minimum absolute atomic E-state index is 0.0823. The molecule has 6 nitrogen and oxygen atoms in total. The Bertz CT molecular complexity index is 920. The molecular weight excluding hydrogens is 334 g/mol. The average molecular weight is 346 g/mol. The van der Waals surface area contributed by atoms with Crippen LogP contribution >= 0.6 is 11.6 Å². The van der Waals surface area contributed by atoms with Crippen molar-refractivity contribution in [2.45, 2.75) is 6.61 Å². The lowest BCUT2D eigenvalue weighted by Gasteiger charge is -2.07. The van der Waals surface area contributed by atoms with E-state index in [2.05, 4.69) is 4.98 Å². The van der Waals surface area contributed by atoms with E-state index >= 15 is 0 Å². The predicted molar refractivity (Wildman–Crippen MR) is 87.0 cm³/mol. The van der Waals surface area contributed by atoms with Crippen LogP contribution in [0.5, 0.6) is 5.75 Å². The van der Waals surface area contributed by atoms with Gasteiger partial charge in [0.15, 0.2) is 6.61 Å². The monoisotopic (exact) mass is 345 g/mol. The number of fused-ring (bicyclic) bond motifs is 1. The van der Waals surface area contributed by atoms with Gasteiger partial charge >= 0.3 is 11.6 Å². The van der Waals surface area contributed by atoms with Crippen LogP contribution in [0.2, 0.25) is 5.15 Å². The van der Waals surface area contributed by atoms with Crippen molar-refractivity contribution in [1.29, 1.82) is 0 Å². The molecule has 24 heavy (non-hydrogen) atoms. The Morgan fingerprint density at radius 1 is 1.17 bits per heavy atom. The van der Waals surface area contributed by atoms with Gasteiger partial charge in [0.1, 0.15) is 23.1 Å². The number of pyridine rings is 1. The summed E-state index contributed by atoms with van der Waals surface area (Å²) < 4.78 is 15.5. The first-order valence-electron chi connectivity index (χ1n) is 7.03. The highest BCUT2D eigenvalue weighted by atomic mass is 35.5. The molecule has 0 fully saturated rings. The average Bonchev–Trinajstić information content (AvgIpc) is 2.59. The van der Waals surface area contributed by atoms with Crippen LogP contribution in [-0.4, -0.2) is 17.6 Å². The molecule has 0 spiro atoms. The van der Waals surface area contributed by atoms with Crippen molar-refractivity contribution in [2.75, 3.05) is 6.61 Å². The molecule has 0 radical (unpaired) electrons. The number of carbonyl (C=O) groups is 1. The summed E-state index contributed by atoms with van der Waals surface area (Å²) in [5.41, 5.74) is 0.663. The van der Waals surface area contributed by atoms with E-state index in [1.807, 2.05) is 0 Å². The second-order valence-electron chi connectivity index (χ2n) is 4.89. The molecule has 0 aliphatic carbocycles. The lowest BCUT2D eigenvalue weighted by atomic mass is 10.2. The minimum atomic E-state index is -0.528. The second-order valence-corrected chi connectivity index (χ2v) is 5.28. The zero-order valence-electron chi connectivity index (χ0n) is 12.4. The number of benzene rings is 1. The van der Waals surface area contributed by atoms with Crippen LogP contribution in [0.1, 0.15) is 5.56 Å². The van der Waals surface area contributed by atoms with E-state index < -0.39 is 11.6 Å². The van der Waals surface area contributed by atoms with E-state index in [0.717, 1.165) is 10.9 Å². The van der Waals surface area contributed by atoms with Crippen molar-refractivity contribution in [1.82, 2.24) is 4.98 Å². The highest BCUT2D eigenvalue weighted by molar-refractivity contribution is 6.29. The van der Waals surface area contributed by atoms with E-state index in [1.165, 1.54) is 12.3 Å². The number of rotatable bonds is 5. The quantitative estimate of drug-likeness (QED) is 0.402. The van der Waals surface area contributed by atoms with Gasteiger partial charge in [0.2, 0.25) is 0 Å². The molecule has 1 aromatic carbocycles. The molecule has 0 bridgehead atoms. The maximum Gasteiger partial charge on any atom is 0.344 e. The zero-order chi connectivity index (χ0) is 16.9. The van der Waals surface area contributed by atoms with Crippen molar-refractivity contribution >= 4 is 28.5 Å². The number of halogens is 1. The predicted octanol–water partition coefficient (Wildman–Crippen LogP) is 2.96. The van der Waals surface area contributed by atoms with E-state index in [1.54, 1.807) is 36.4 Å². The summed E-state index contributed by atoms with van der Waals surface area (Å²) in [6, 6.07) is 11.3. The van der Waals surface area contributed by atoms with Crippen LogP contribution in [0.25, 0.3) is 11.0 Å². The molecule has 0 amide bonds. The van der Waals surface area contributed by atoms with Crippen molar-refractivity contribution < 1.29 is 18.7 Å². The standard InChI is InChI=1S/C17H12ClNO5/c18-15-5-1-11(8-19-15)9-23-17(21)10-22-13-4-2-12-3-6-16(20)24-14(12)7-13/h1-8H,9-10H2. The van der Waals surface area contributed by atoms with Gasteiger partial charge in [-0.3, -0.25) is 0 Å². The molecule has 7 heteroatoms. The normalized spacial score (nSPS) is 10.5. The lowest BCUT2D eigenvalue weighted by Crippen LogP contribution is -2.14. The van der Waals surface area contributed by atoms with E-state index in [4.69, 9.17) is 25.5 Å². The first-order valence-corrected chi connectivity index (χ1v) is 7.41. The molecule has 0 aliphatic rings. The van der Waals surface area contributed by atoms with Gasteiger partial charge in [0.05, 0.1) is 0 Å². The molecule has 122 valence electrons. The third-order valence-corrected chi connectivity index (χ3v) is 3.36. The van der Waals surface area contributed by atoms with Gasteiger partial charge < -0.3 is 13.9 Å². The molecule has 0 aliphatic heterocycles. The van der Waals surface area contributed by atoms with E-state index in [0.29, 0.717) is 16.5 Å². The molecule has 0 saturated carbocycles. The van der Waals surface area contributed by atoms with Crippen LogP contribution in [0.3, 0.4) is 0 Å². The largest absolute Gasteiger partial charge is 0.482 e. The lowest BCUT2D eigenvalue weighted by molar-refractivity contribution is -0.147. The summed E-state index contributed by atoms with van der Waals surface area (Å²) in [5.74, 6) is -0.124. The molecule has 3 rings (SSSR count). The molecule has 0 unspecified atom stereocenters. The molecule has 0 atom stereocenters. The number of ether oxygens (including phenoxy) is 2. The summed E-state index contributed by atoms with van der Waals surface area (Å²) in [4.78, 5) is 26.8. The van der Waals surface area contributed by atoms with Gasteiger partial charge in [-0.1, -0.05) is 17.7 Å². The number of hydrogen-bond donors (Lipinski definition) is 0. The number of carbonyl (C=O) groups excluding carboxylic acids is 1. The molecule has 2 aromatic heterocycles. The maximum atomic E-state index is 11.7. The third-order valence-electron chi connectivity index (χ3n) is 3.14. The fourth-order valence-corrected chi connectivity index (χ4v) is 2.08. The highest BCUT2D eigenvalue weighted by Gasteiger charge is 2.07. The fourth-order valence-electron chi connectivity index (χ4n) is 1.97. The van der Waals surface area contributed by atoms with Gasteiger partial charge in [-0.25, -0.2) is 14.6 Å². The summed E-state index contributed by atoms with van der Waals surface area (Å²) in [7, 11) is 0. The Morgan fingerprint density at radius 2 is 2.00 bits per heavy atom. The van der Waals surface area contributed by atoms with Crippen molar-refractivity contribution in [2.24, 2.45) is 0 Å². The topological polar surface area (TPSA) is 78.6 Å². The Kier molecular flexibility index (Phi) is 4.77.